The van der Waals surface area contributed by atoms with Gasteiger partial charge in [0.25, 0.3) is 0 Å². The molecule has 0 aliphatic rings. The first-order valence-electron chi connectivity index (χ1n) is 4.77. The normalized spacial score (nSPS) is 8.79. The molecule has 0 spiro atoms. The highest BCUT2D eigenvalue weighted by Crippen LogP contribution is 2.03. The zero-order valence-electron chi connectivity index (χ0n) is 9.00. The fourth-order valence-corrected chi connectivity index (χ4v) is 1.04. The van der Waals surface area contributed by atoms with Gasteiger partial charge in [0.15, 0.2) is 0 Å². The first kappa shape index (κ1) is 12.7. The second-order valence-corrected chi connectivity index (χ2v) is 2.59. The van der Waals surface area contributed by atoms with Crippen molar-refractivity contribution in [1.29, 1.82) is 0 Å². The molecule has 0 saturated carbocycles. The number of carbonyl (C=O) groups is 1. The average Bonchev–Trinajstić information content (AvgIpc) is 2.22. The molecular formula is C11H22N2O. The second-order valence-electron chi connectivity index (χ2n) is 2.59. The van der Waals surface area contributed by atoms with Crippen LogP contribution in [-0.2, 0) is 6.54 Å². The molecule has 3 nitrogen and oxygen atoms in total. The Morgan fingerprint density at radius 1 is 1.50 bits per heavy atom. The van der Waals surface area contributed by atoms with E-state index in [-0.39, 0.29) is 8.76 Å². The number of carbonyl (C=O) groups excluding carboxylic acids is 1. The lowest BCUT2D eigenvalue weighted by molar-refractivity contribution is 0.1000. The van der Waals surface area contributed by atoms with Crippen LogP contribution in [0, 0.1) is 0 Å². The van der Waals surface area contributed by atoms with E-state index < -0.39 is 0 Å². The van der Waals surface area contributed by atoms with E-state index in [1.165, 1.54) is 0 Å². The van der Waals surface area contributed by atoms with Crippen molar-refractivity contribution in [2.75, 3.05) is 7.05 Å². The fraction of sp³-hybridized carbons (Fsp3) is 0.364. The van der Waals surface area contributed by atoms with E-state index in [0.717, 1.165) is 12.1 Å². The van der Waals surface area contributed by atoms with Gasteiger partial charge >= 0.3 is 0 Å². The summed E-state index contributed by atoms with van der Waals surface area (Å²) >= 11 is 0. The summed E-state index contributed by atoms with van der Waals surface area (Å²) in [6, 6.07) is 7.27. The monoisotopic (exact) mass is 198 g/mol. The Morgan fingerprint density at radius 2 is 2.14 bits per heavy atom. The maximum absolute atomic E-state index is 10.8. The number of nitrogens with two attached hydrogens (primary N) is 1. The molecule has 14 heavy (non-hydrogen) atoms. The summed E-state index contributed by atoms with van der Waals surface area (Å²) in [5, 5.41) is 3.00. The summed E-state index contributed by atoms with van der Waals surface area (Å²) in [4.78, 5) is 10.8. The number of amides is 1. The van der Waals surface area contributed by atoms with Gasteiger partial charge in [-0.25, -0.2) is 0 Å². The van der Waals surface area contributed by atoms with E-state index >= 15 is 0 Å². The van der Waals surface area contributed by atoms with Gasteiger partial charge in [-0.1, -0.05) is 26.0 Å². The highest BCUT2D eigenvalue weighted by molar-refractivity contribution is 5.92. The Hall–Kier alpha value is -1.35. The first-order valence-corrected chi connectivity index (χ1v) is 4.77. The standard InChI is InChI=1S/C9H12N2O.C2H6.2H2/c1-11-6-7-3-2-4-8(5-7)9(10)12;1-2;;/h2-5,11H,6H2,1H3,(H2,10,12);1-2H3;2*1H. The minimum Gasteiger partial charge on any atom is -0.366 e. The SMILES string of the molecule is CC.CNCc1cccc(C(N)=O)c1.[HH].[HH]. The third-order valence-corrected chi connectivity index (χ3v) is 1.59. The minimum atomic E-state index is -0.382. The Bertz CT molecular complexity index is 293. The second kappa shape index (κ2) is 7.09. The molecule has 0 heterocycles. The molecule has 82 valence electrons. The number of primary amides is 1. The van der Waals surface area contributed by atoms with E-state index in [2.05, 4.69) is 5.32 Å². The van der Waals surface area contributed by atoms with E-state index in [0.29, 0.717) is 5.56 Å². The molecule has 0 bridgehead atoms. The van der Waals surface area contributed by atoms with E-state index in [1.54, 1.807) is 12.1 Å². The van der Waals surface area contributed by atoms with Gasteiger partial charge in [-0.3, -0.25) is 4.79 Å². The van der Waals surface area contributed by atoms with Gasteiger partial charge in [0.2, 0.25) is 5.91 Å². The van der Waals surface area contributed by atoms with Gasteiger partial charge in [-0.2, -0.15) is 0 Å². The molecule has 1 rings (SSSR count). The van der Waals surface area contributed by atoms with Crippen LogP contribution >= 0.6 is 0 Å². The molecule has 0 aromatic heterocycles. The molecule has 1 amide bonds. The zero-order valence-corrected chi connectivity index (χ0v) is 9.00. The van der Waals surface area contributed by atoms with Crippen molar-refractivity contribution < 1.29 is 7.65 Å². The van der Waals surface area contributed by atoms with Gasteiger partial charge < -0.3 is 11.1 Å². The van der Waals surface area contributed by atoms with Crippen molar-refractivity contribution in [3.63, 3.8) is 0 Å². The van der Waals surface area contributed by atoms with Crippen LogP contribution in [0.5, 0.6) is 0 Å². The molecule has 1 aromatic carbocycles. The van der Waals surface area contributed by atoms with Crippen LogP contribution in [0.15, 0.2) is 24.3 Å². The lowest BCUT2D eigenvalue weighted by atomic mass is 10.1. The van der Waals surface area contributed by atoms with Crippen molar-refractivity contribution in [2.45, 2.75) is 20.4 Å². The summed E-state index contributed by atoms with van der Waals surface area (Å²) in [6.45, 7) is 4.75. The molecule has 0 saturated heterocycles. The molecule has 0 fully saturated rings. The highest BCUT2D eigenvalue weighted by atomic mass is 16.1. The largest absolute Gasteiger partial charge is 0.366 e. The number of rotatable bonds is 3. The zero-order chi connectivity index (χ0) is 11.0. The molecule has 3 N–H and O–H groups in total. The van der Waals surface area contributed by atoms with Crippen LogP contribution in [0.25, 0.3) is 0 Å². The first-order chi connectivity index (χ1) is 6.74. The average molecular weight is 198 g/mol. The summed E-state index contributed by atoms with van der Waals surface area (Å²) in [7, 11) is 1.86. The number of hydrogen-bond acceptors (Lipinski definition) is 2. The molecule has 0 atom stereocenters. The summed E-state index contributed by atoms with van der Waals surface area (Å²) < 4.78 is 0. The minimum absolute atomic E-state index is 0. The molecule has 0 aliphatic heterocycles. The molecule has 0 radical (unpaired) electrons. The third kappa shape index (κ3) is 4.05. The third-order valence-electron chi connectivity index (χ3n) is 1.59. The summed E-state index contributed by atoms with van der Waals surface area (Å²) in [5.74, 6) is -0.382. The van der Waals surface area contributed by atoms with Crippen LogP contribution in [-0.4, -0.2) is 13.0 Å². The Kier molecular flexibility index (Phi) is 6.41. The topological polar surface area (TPSA) is 55.1 Å². The maximum Gasteiger partial charge on any atom is 0.248 e. The van der Waals surface area contributed by atoms with Crippen molar-refractivity contribution in [3.8, 4) is 0 Å². The highest BCUT2D eigenvalue weighted by Gasteiger charge is 1.99. The van der Waals surface area contributed by atoms with Crippen LogP contribution < -0.4 is 11.1 Å². The van der Waals surface area contributed by atoms with Gasteiger partial charge in [-0.05, 0) is 24.7 Å². The quantitative estimate of drug-likeness (QED) is 0.780. The van der Waals surface area contributed by atoms with Crippen LogP contribution in [0.2, 0.25) is 0 Å². The van der Waals surface area contributed by atoms with Gasteiger partial charge in [0.05, 0.1) is 0 Å². The summed E-state index contributed by atoms with van der Waals surface area (Å²) in [5.41, 5.74) is 6.74. The van der Waals surface area contributed by atoms with E-state index in [4.69, 9.17) is 5.73 Å². The van der Waals surface area contributed by atoms with E-state index in [1.807, 2.05) is 33.0 Å². The van der Waals surface area contributed by atoms with E-state index in [9.17, 15) is 4.79 Å². The van der Waals surface area contributed by atoms with Crippen molar-refractivity contribution >= 4 is 5.91 Å². The predicted octanol–water partition coefficient (Wildman–Crippen LogP) is 2.02. The summed E-state index contributed by atoms with van der Waals surface area (Å²) in [6.07, 6.45) is 0. The molecule has 1 aromatic rings. The van der Waals surface area contributed by atoms with Gasteiger partial charge in [-0.15, -0.1) is 0 Å². The predicted molar refractivity (Wildman–Crippen MR) is 63.3 cm³/mol. The van der Waals surface area contributed by atoms with Crippen LogP contribution in [0.1, 0.15) is 32.6 Å². The Labute approximate surface area is 88.3 Å². The number of benzene rings is 1. The van der Waals surface area contributed by atoms with Crippen molar-refractivity contribution in [3.05, 3.63) is 35.4 Å². The molecule has 0 aliphatic carbocycles. The Morgan fingerprint density at radius 3 is 2.64 bits per heavy atom. The lowest BCUT2D eigenvalue weighted by Crippen LogP contribution is -2.12. The van der Waals surface area contributed by atoms with Crippen molar-refractivity contribution in [2.24, 2.45) is 5.73 Å². The van der Waals surface area contributed by atoms with Gasteiger partial charge in [0, 0.05) is 15.0 Å². The van der Waals surface area contributed by atoms with Crippen molar-refractivity contribution in [1.82, 2.24) is 5.32 Å². The van der Waals surface area contributed by atoms with Gasteiger partial charge in [0.1, 0.15) is 0 Å². The number of nitrogens with one attached hydrogen (secondary N) is 1. The Balaban J connectivity index is -0.000000399. The molecule has 0 unspecified atom stereocenters. The fourth-order valence-electron chi connectivity index (χ4n) is 1.04. The van der Waals surface area contributed by atoms with Crippen LogP contribution in [0.3, 0.4) is 0 Å². The maximum atomic E-state index is 10.8. The number of hydrogen-bond donors (Lipinski definition) is 2. The lowest BCUT2D eigenvalue weighted by Gasteiger charge is -2.00. The molecular weight excluding hydrogens is 176 g/mol. The van der Waals surface area contributed by atoms with Crippen LogP contribution in [0.4, 0.5) is 0 Å². The molecule has 3 heteroatoms. The smallest absolute Gasteiger partial charge is 0.248 e.